The van der Waals surface area contributed by atoms with Crippen molar-refractivity contribution in [3.05, 3.63) is 52.8 Å². The number of anilines is 2. The molecule has 1 saturated carbocycles. The number of hydrogen-bond acceptors (Lipinski definition) is 9. The van der Waals surface area contributed by atoms with Crippen molar-refractivity contribution in [2.75, 3.05) is 36.9 Å². The maximum absolute atomic E-state index is 12.0. The molecule has 12 nitrogen and oxygen atoms in total. The van der Waals surface area contributed by atoms with E-state index in [1.54, 1.807) is 16.8 Å². The molecule has 4 heterocycles. The van der Waals surface area contributed by atoms with Gasteiger partial charge in [0.1, 0.15) is 5.70 Å². The zero-order chi connectivity index (χ0) is 24.5. The van der Waals surface area contributed by atoms with Crippen molar-refractivity contribution in [3.63, 3.8) is 0 Å². The van der Waals surface area contributed by atoms with Gasteiger partial charge in [0, 0.05) is 37.8 Å². The Bertz CT molecular complexity index is 1340. The Balaban J connectivity index is 1.24. The molecule has 0 bridgehead atoms. The standard InChI is InChI=1S/C24H27N9O3/c34-21-19(28-24(35)30-21)11-17-13-26-33-20(17)29-22(31-23(33)27-18-4-5-18)25-12-15-2-1-3-16(10-15)14-32-6-8-36-9-7-32/h1-3,10-11,13,18H,4-9,12,14H2,(H2,25,27,29,31)(H2,28,30,34,35)/b19-11-. The highest BCUT2D eigenvalue weighted by atomic mass is 16.5. The molecule has 1 aliphatic carbocycles. The molecule has 3 amide bonds. The summed E-state index contributed by atoms with van der Waals surface area (Å²) < 4.78 is 7.07. The smallest absolute Gasteiger partial charge is 0.326 e. The summed E-state index contributed by atoms with van der Waals surface area (Å²) in [7, 11) is 0. The van der Waals surface area contributed by atoms with Crippen LogP contribution in [0.4, 0.5) is 16.7 Å². The Morgan fingerprint density at radius 1 is 1.11 bits per heavy atom. The molecule has 6 rings (SSSR count). The van der Waals surface area contributed by atoms with E-state index in [4.69, 9.17) is 4.74 Å². The Labute approximate surface area is 207 Å². The fraction of sp³-hybridized carbons (Fsp3) is 0.375. The Kier molecular flexibility index (Phi) is 5.95. The van der Waals surface area contributed by atoms with Crippen molar-refractivity contribution < 1.29 is 14.3 Å². The number of nitrogens with zero attached hydrogens (tertiary/aromatic N) is 5. The zero-order valence-corrected chi connectivity index (χ0v) is 19.7. The summed E-state index contributed by atoms with van der Waals surface area (Å²) in [4.78, 5) is 35.2. The molecule has 0 atom stereocenters. The molecule has 186 valence electrons. The molecule has 2 saturated heterocycles. The molecule has 0 radical (unpaired) electrons. The highest BCUT2D eigenvalue weighted by Crippen LogP contribution is 2.26. The first-order chi connectivity index (χ1) is 17.6. The molecule has 2 aromatic heterocycles. The molecular weight excluding hydrogens is 462 g/mol. The first-order valence-electron chi connectivity index (χ1n) is 12.1. The summed E-state index contributed by atoms with van der Waals surface area (Å²) >= 11 is 0. The van der Waals surface area contributed by atoms with Crippen LogP contribution >= 0.6 is 0 Å². The molecule has 3 aliphatic rings. The van der Waals surface area contributed by atoms with Gasteiger partial charge >= 0.3 is 6.03 Å². The average Bonchev–Trinajstić information content (AvgIpc) is 3.51. The minimum absolute atomic E-state index is 0.150. The number of carbonyl (C=O) groups excluding carboxylic acids is 2. The Morgan fingerprint density at radius 2 is 1.94 bits per heavy atom. The predicted octanol–water partition coefficient (Wildman–Crippen LogP) is 1.32. The second kappa shape index (κ2) is 9.55. The largest absolute Gasteiger partial charge is 0.379 e. The van der Waals surface area contributed by atoms with Crippen molar-refractivity contribution in [1.29, 1.82) is 0 Å². The summed E-state index contributed by atoms with van der Waals surface area (Å²) in [6.45, 7) is 4.90. The van der Waals surface area contributed by atoms with Gasteiger partial charge in [-0.15, -0.1) is 0 Å². The first kappa shape index (κ1) is 22.4. The maximum atomic E-state index is 12.0. The van der Waals surface area contributed by atoms with Gasteiger partial charge in [0.2, 0.25) is 11.9 Å². The van der Waals surface area contributed by atoms with Gasteiger partial charge in [-0.3, -0.25) is 15.0 Å². The normalized spacial score (nSPS) is 19.5. The Hall–Kier alpha value is -4.03. The number of hydrogen-bond donors (Lipinski definition) is 4. The fourth-order valence-electron chi connectivity index (χ4n) is 4.25. The van der Waals surface area contributed by atoms with Gasteiger partial charge < -0.3 is 20.7 Å². The first-order valence-corrected chi connectivity index (χ1v) is 12.1. The van der Waals surface area contributed by atoms with E-state index in [-0.39, 0.29) is 5.70 Å². The topological polar surface area (TPSA) is 138 Å². The SMILES string of the molecule is O=C1NC(=O)/C(=C/c2cnn3c(NC4CC4)nc(NCc4cccc(CN5CCOCC5)c4)nc23)N1. The van der Waals surface area contributed by atoms with Crippen molar-refractivity contribution in [3.8, 4) is 0 Å². The number of rotatable bonds is 8. The van der Waals surface area contributed by atoms with E-state index in [0.717, 1.165) is 51.3 Å². The average molecular weight is 490 g/mol. The fourth-order valence-corrected chi connectivity index (χ4v) is 4.25. The number of ether oxygens (including phenoxy) is 1. The Morgan fingerprint density at radius 3 is 2.72 bits per heavy atom. The third-order valence-electron chi connectivity index (χ3n) is 6.28. The van der Waals surface area contributed by atoms with Crippen LogP contribution in [0, 0.1) is 0 Å². The number of nitrogens with one attached hydrogen (secondary N) is 4. The van der Waals surface area contributed by atoms with Crippen LogP contribution in [-0.2, 0) is 22.6 Å². The van der Waals surface area contributed by atoms with Crippen LogP contribution < -0.4 is 21.3 Å². The summed E-state index contributed by atoms with van der Waals surface area (Å²) in [5.74, 6) is 0.542. The van der Waals surface area contributed by atoms with Crippen LogP contribution in [0.25, 0.3) is 11.7 Å². The van der Waals surface area contributed by atoms with E-state index < -0.39 is 11.9 Å². The molecule has 4 N–H and O–H groups in total. The molecule has 1 aromatic carbocycles. The quantitative estimate of drug-likeness (QED) is 0.273. The molecule has 3 fully saturated rings. The molecule has 36 heavy (non-hydrogen) atoms. The zero-order valence-electron chi connectivity index (χ0n) is 19.7. The van der Waals surface area contributed by atoms with E-state index in [0.29, 0.717) is 35.7 Å². The van der Waals surface area contributed by atoms with Crippen LogP contribution in [-0.4, -0.2) is 68.8 Å². The lowest BCUT2D eigenvalue weighted by atomic mass is 10.1. The minimum atomic E-state index is -0.549. The van der Waals surface area contributed by atoms with Gasteiger partial charge in [-0.1, -0.05) is 24.3 Å². The second-order valence-electron chi connectivity index (χ2n) is 9.15. The summed E-state index contributed by atoms with van der Waals surface area (Å²) in [5, 5.41) is 15.8. The minimum Gasteiger partial charge on any atom is -0.379 e. The number of fused-ring (bicyclic) bond motifs is 1. The van der Waals surface area contributed by atoms with Gasteiger partial charge in [0.15, 0.2) is 5.65 Å². The highest BCUT2D eigenvalue weighted by molar-refractivity contribution is 6.14. The van der Waals surface area contributed by atoms with Crippen LogP contribution in [0.15, 0.2) is 36.2 Å². The maximum Gasteiger partial charge on any atom is 0.326 e. The van der Waals surface area contributed by atoms with Crippen molar-refractivity contribution in [2.24, 2.45) is 0 Å². The van der Waals surface area contributed by atoms with Crippen molar-refractivity contribution >= 4 is 35.6 Å². The van der Waals surface area contributed by atoms with Crippen LogP contribution in [0.5, 0.6) is 0 Å². The summed E-state index contributed by atoms with van der Waals surface area (Å²) in [6, 6.07) is 8.29. The van der Waals surface area contributed by atoms with Crippen LogP contribution in [0.1, 0.15) is 29.5 Å². The lowest BCUT2D eigenvalue weighted by Crippen LogP contribution is -2.35. The molecule has 2 aliphatic heterocycles. The number of morpholine rings is 1. The summed E-state index contributed by atoms with van der Waals surface area (Å²) in [5.41, 5.74) is 3.65. The lowest BCUT2D eigenvalue weighted by Gasteiger charge is -2.26. The number of imide groups is 1. The third kappa shape index (κ3) is 4.99. The van der Waals surface area contributed by atoms with E-state index in [9.17, 15) is 9.59 Å². The van der Waals surface area contributed by atoms with Gasteiger partial charge in [0.05, 0.1) is 19.4 Å². The van der Waals surface area contributed by atoms with Crippen LogP contribution in [0.2, 0.25) is 0 Å². The van der Waals surface area contributed by atoms with Crippen LogP contribution in [0.3, 0.4) is 0 Å². The number of amides is 3. The van der Waals surface area contributed by atoms with Gasteiger partial charge in [-0.25, -0.2) is 4.79 Å². The molecule has 0 spiro atoms. The lowest BCUT2D eigenvalue weighted by molar-refractivity contribution is -0.115. The monoisotopic (exact) mass is 489 g/mol. The number of benzene rings is 1. The summed E-state index contributed by atoms with van der Waals surface area (Å²) in [6.07, 6.45) is 5.32. The van der Waals surface area contributed by atoms with Gasteiger partial charge in [0.25, 0.3) is 5.91 Å². The number of aromatic nitrogens is 4. The van der Waals surface area contributed by atoms with Crippen molar-refractivity contribution in [2.45, 2.75) is 32.0 Å². The van der Waals surface area contributed by atoms with Crippen molar-refractivity contribution in [1.82, 2.24) is 35.1 Å². The molecule has 0 unspecified atom stereocenters. The molecule has 3 aromatic rings. The number of urea groups is 1. The van der Waals surface area contributed by atoms with E-state index in [2.05, 4.69) is 65.5 Å². The van der Waals surface area contributed by atoms with Gasteiger partial charge in [-0.05, 0) is 30.0 Å². The van der Waals surface area contributed by atoms with E-state index >= 15 is 0 Å². The molecular formula is C24H27N9O3. The van der Waals surface area contributed by atoms with Gasteiger partial charge in [-0.2, -0.15) is 19.6 Å². The number of carbonyl (C=O) groups is 2. The second-order valence-corrected chi connectivity index (χ2v) is 9.15. The molecule has 12 heteroatoms. The van der Waals surface area contributed by atoms with E-state index in [1.165, 1.54) is 5.56 Å². The highest BCUT2D eigenvalue weighted by Gasteiger charge is 2.26. The third-order valence-corrected chi connectivity index (χ3v) is 6.28. The predicted molar refractivity (Wildman–Crippen MR) is 132 cm³/mol. The van der Waals surface area contributed by atoms with E-state index in [1.807, 2.05) is 0 Å².